The molecule has 2 aromatic rings. The number of rotatable bonds is 6. The number of aryl methyl sites for hydroxylation is 1. The zero-order chi connectivity index (χ0) is 16.9. The first kappa shape index (κ1) is 16.8. The maximum absolute atomic E-state index is 12.2. The third kappa shape index (κ3) is 4.26. The molecule has 3 rings (SSSR count). The fourth-order valence-corrected chi connectivity index (χ4v) is 3.02. The van der Waals surface area contributed by atoms with E-state index in [1.54, 1.807) is 6.07 Å². The molecule has 0 unspecified atom stereocenters. The van der Waals surface area contributed by atoms with Crippen LogP contribution in [0.1, 0.15) is 42.4 Å². The quantitative estimate of drug-likeness (QED) is 0.799. The monoisotopic (exact) mass is 330 g/mol. The minimum absolute atomic E-state index is 0.145. The molecule has 1 aliphatic heterocycles. The topological polar surface area (TPSA) is 74.2 Å². The number of hydrogen-bond acceptors (Lipinski definition) is 4. The molecule has 1 amide bonds. The molecule has 2 N–H and O–H groups in total. The van der Waals surface area contributed by atoms with Crippen molar-refractivity contribution in [1.82, 2.24) is 20.4 Å². The number of H-pyrrole nitrogens is 1. The highest BCUT2D eigenvalue weighted by Crippen LogP contribution is 2.20. The van der Waals surface area contributed by atoms with Crippen molar-refractivity contribution in [3.63, 3.8) is 0 Å². The van der Waals surface area contributed by atoms with E-state index in [1.807, 2.05) is 19.1 Å². The lowest BCUT2D eigenvalue weighted by atomic mass is 9.99. The van der Waals surface area contributed by atoms with Crippen molar-refractivity contribution in [2.24, 2.45) is 5.92 Å². The lowest BCUT2D eigenvalue weighted by Crippen LogP contribution is -2.35. The number of amides is 1. The molecule has 0 aromatic carbocycles. The second-order valence-corrected chi connectivity index (χ2v) is 6.71. The van der Waals surface area contributed by atoms with E-state index in [0.29, 0.717) is 18.0 Å². The molecule has 0 atom stereocenters. The summed E-state index contributed by atoms with van der Waals surface area (Å²) in [6, 6.07) is 5.47. The van der Waals surface area contributed by atoms with Gasteiger partial charge in [0.05, 0.1) is 0 Å². The number of carbonyl (C=O) groups excluding carboxylic acids is 1. The number of carbonyl (C=O) groups is 1. The summed E-state index contributed by atoms with van der Waals surface area (Å²) in [5.41, 5.74) is 1.11. The first-order valence-corrected chi connectivity index (χ1v) is 8.74. The molecule has 0 radical (unpaired) electrons. The average Bonchev–Trinajstić information content (AvgIpc) is 3.22. The first-order chi connectivity index (χ1) is 11.6. The summed E-state index contributed by atoms with van der Waals surface area (Å²) in [7, 11) is 0. The molecule has 3 heterocycles. The number of piperidine rings is 1. The molecular weight excluding hydrogens is 304 g/mol. The van der Waals surface area contributed by atoms with Crippen LogP contribution in [-0.4, -0.2) is 47.2 Å². The van der Waals surface area contributed by atoms with E-state index < -0.39 is 0 Å². The van der Waals surface area contributed by atoms with Gasteiger partial charge in [0.2, 0.25) is 0 Å². The Kier molecular flexibility index (Phi) is 5.35. The predicted octanol–water partition coefficient (Wildman–Crippen LogP) is 2.83. The third-order valence-corrected chi connectivity index (χ3v) is 4.63. The van der Waals surface area contributed by atoms with Crippen molar-refractivity contribution in [1.29, 1.82) is 0 Å². The molecule has 2 aromatic heterocycles. The molecule has 6 nitrogen and oxygen atoms in total. The number of aromatic nitrogens is 2. The Morgan fingerprint density at radius 2 is 2.21 bits per heavy atom. The number of hydrogen-bond donors (Lipinski definition) is 2. The van der Waals surface area contributed by atoms with Gasteiger partial charge in [-0.1, -0.05) is 6.92 Å². The highest BCUT2D eigenvalue weighted by Gasteiger charge is 2.16. The van der Waals surface area contributed by atoms with Gasteiger partial charge in [0, 0.05) is 12.6 Å². The van der Waals surface area contributed by atoms with Crippen LogP contribution in [-0.2, 0) is 0 Å². The van der Waals surface area contributed by atoms with Gasteiger partial charge < -0.3 is 14.6 Å². The minimum Gasteiger partial charge on any atom is -0.460 e. The summed E-state index contributed by atoms with van der Waals surface area (Å²) in [6.07, 6.45) is 3.54. The van der Waals surface area contributed by atoms with E-state index in [1.165, 1.54) is 25.9 Å². The van der Waals surface area contributed by atoms with Crippen LogP contribution in [0.4, 0.5) is 0 Å². The smallest absolute Gasteiger partial charge is 0.271 e. The molecule has 24 heavy (non-hydrogen) atoms. The fraction of sp³-hybridized carbons (Fsp3) is 0.556. The maximum Gasteiger partial charge on any atom is 0.271 e. The summed E-state index contributed by atoms with van der Waals surface area (Å²) < 4.78 is 5.53. The Hall–Kier alpha value is -2.08. The van der Waals surface area contributed by atoms with Gasteiger partial charge >= 0.3 is 0 Å². The van der Waals surface area contributed by atoms with Gasteiger partial charge in [-0.3, -0.25) is 9.89 Å². The largest absolute Gasteiger partial charge is 0.460 e. The SMILES string of the molecule is Cc1ccc(-c2cc(C(=O)NCCCN3CCC(C)CC3)n[nH]2)o1. The van der Waals surface area contributed by atoms with Crippen LogP contribution in [0.3, 0.4) is 0 Å². The van der Waals surface area contributed by atoms with Crippen molar-refractivity contribution >= 4 is 5.91 Å². The molecule has 1 fully saturated rings. The van der Waals surface area contributed by atoms with Crippen molar-refractivity contribution in [2.75, 3.05) is 26.2 Å². The van der Waals surface area contributed by atoms with Gasteiger partial charge in [-0.05, 0) is 63.9 Å². The van der Waals surface area contributed by atoms with E-state index in [0.717, 1.165) is 30.3 Å². The number of likely N-dealkylation sites (tertiary alicyclic amines) is 1. The summed E-state index contributed by atoms with van der Waals surface area (Å²) in [6.45, 7) is 8.29. The molecular formula is C18H26N4O2. The summed E-state index contributed by atoms with van der Waals surface area (Å²) in [5.74, 6) is 2.23. The maximum atomic E-state index is 12.2. The summed E-state index contributed by atoms with van der Waals surface area (Å²) in [5, 5.41) is 9.86. The first-order valence-electron chi connectivity index (χ1n) is 8.74. The van der Waals surface area contributed by atoms with Crippen molar-refractivity contribution in [3.8, 4) is 11.5 Å². The lowest BCUT2D eigenvalue weighted by Gasteiger charge is -2.30. The standard InChI is InChI=1S/C18H26N4O2/c1-13-6-10-22(11-7-13)9-3-8-19-18(23)16-12-15(20-21-16)17-5-4-14(2)24-17/h4-5,12-13H,3,6-11H2,1-2H3,(H,19,23)(H,20,21). The van der Waals surface area contributed by atoms with E-state index in [4.69, 9.17) is 4.42 Å². The zero-order valence-electron chi connectivity index (χ0n) is 14.5. The molecule has 1 aliphatic rings. The van der Waals surface area contributed by atoms with Crippen LogP contribution in [0, 0.1) is 12.8 Å². The Morgan fingerprint density at radius 1 is 1.42 bits per heavy atom. The van der Waals surface area contributed by atoms with Crippen LogP contribution in [0.15, 0.2) is 22.6 Å². The second kappa shape index (κ2) is 7.66. The molecule has 1 saturated heterocycles. The highest BCUT2D eigenvalue weighted by molar-refractivity contribution is 5.93. The Morgan fingerprint density at radius 3 is 2.92 bits per heavy atom. The van der Waals surface area contributed by atoms with E-state index >= 15 is 0 Å². The van der Waals surface area contributed by atoms with Crippen LogP contribution >= 0.6 is 0 Å². The van der Waals surface area contributed by atoms with E-state index in [9.17, 15) is 4.79 Å². The van der Waals surface area contributed by atoms with E-state index in [-0.39, 0.29) is 5.91 Å². The molecule has 0 spiro atoms. The molecule has 130 valence electrons. The average molecular weight is 330 g/mol. The van der Waals surface area contributed by atoms with Gasteiger partial charge in [0.15, 0.2) is 11.5 Å². The van der Waals surface area contributed by atoms with Crippen molar-refractivity contribution in [3.05, 3.63) is 29.7 Å². The third-order valence-electron chi connectivity index (χ3n) is 4.63. The molecule has 0 saturated carbocycles. The summed E-state index contributed by atoms with van der Waals surface area (Å²) in [4.78, 5) is 14.6. The van der Waals surface area contributed by atoms with Crippen molar-refractivity contribution < 1.29 is 9.21 Å². The number of nitrogens with zero attached hydrogens (tertiary/aromatic N) is 2. The van der Waals surface area contributed by atoms with Crippen LogP contribution in [0.5, 0.6) is 0 Å². The molecule has 0 bridgehead atoms. The molecule has 0 aliphatic carbocycles. The minimum atomic E-state index is -0.145. The lowest BCUT2D eigenvalue weighted by molar-refractivity contribution is 0.0945. The molecule has 6 heteroatoms. The van der Waals surface area contributed by atoms with Gasteiger partial charge in [-0.2, -0.15) is 5.10 Å². The second-order valence-electron chi connectivity index (χ2n) is 6.71. The van der Waals surface area contributed by atoms with Gasteiger partial charge in [0.1, 0.15) is 11.5 Å². The fourth-order valence-electron chi connectivity index (χ4n) is 3.02. The normalized spacial score (nSPS) is 16.4. The van der Waals surface area contributed by atoms with Crippen LogP contribution < -0.4 is 5.32 Å². The Bertz CT molecular complexity index is 668. The number of nitrogens with one attached hydrogen (secondary N) is 2. The highest BCUT2D eigenvalue weighted by atomic mass is 16.3. The number of aromatic amines is 1. The van der Waals surface area contributed by atoms with Crippen LogP contribution in [0.25, 0.3) is 11.5 Å². The van der Waals surface area contributed by atoms with Crippen LogP contribution in [0.2, 0.25) is 0 Å². The predicted molar refractivity (Wildman–Crippen MR) is 92.8 cm³/mol. The number of furan rings is 1. The zero-order valence-corrected chi connectivity index (χ0v) is 14.5. The van der Waals surface area contributed by atoms with Gasteiger partial charge in [0.25, 0.3) is 5.91 Å². The van der Waals surface area contributed by atoms with Crippen molar-refractivity contribution in [2.45, 2.75) is 33.1 Å². The van der Waals surface area contributed by atoms with Gasteiger partial charge in [-0.15, -0.1) is 0 Å². The summed E-state index contributed by atoms with van der Waals surface area (Å²) >= 11 is 0. The Balaban J connectivity index is 1.41. The van der Waals surface area contributed by atoms with E-state index in [2.05, 4.69) is 27.3 Å². The Labute approximate surface area is 142 Å². The van der Waals surface area contributed by atoms with Gasteiger partial charge in [-0.25, -0.2) is 0 Å².